The number of rotatable bonds is 1. The Morgan fingerprint density at radius 3 is 2.69 bits per heavy atom. The lowest BCUT2D eigenvalue weighted by molar-refractivity contribution is 0.628. The van der Waals surface area contributed by atoms with Crippen molar-refractivity contribution in [2.24, 2.45) is 0 Å². The molecule has 0 amide bonds. The molecule has 5 heteroatoms. The second kappa shape index (κ2) is 4.06. The Morgan fingerprint density at radius 2 is 2.06 bits per heavy atom. The van der Waals surface area contributed by atoms with Gasteiger partial charge < -0.3 is 4.98 Å². The summed E-state index contributed by atoms with van der Waals surface area (Å²) in [4.78, 5) is 17.4. The summed E-state index contributed by atoms with van der Waals surface area (Å²) >= 11 is 5.73. The van der Waals surface area contributed by atoms with Gasteiger partial charge in [-0.3, -0.25) is 0 Å². The van der Waals surface area contributed by atoms with Gasteiger partial charge >= 0.3 is 5.69 Å². The van der Waals surface area contributed by atoms with Crippen LogP contribution in [0, 0.1) is 12.7 Å². The number of aryl methyl sites for hydroxylation is 1. The van der Waals surface area contributed by atoms with Crippen LogP contribution in [0.5, 0.6) is 0 Å². The van der Waals surface area contributed by atoms with Gasteiger partial charge in [0.1, 0.15) is 5.82 Å². The van der Waals surface area contributed by atoms with Gasteiger partial charge in [-0.25, -0.2) is 9.18 Å². The van der Waals surface area contributed by atoms with E-state index in [1.807, 2.05) is 0 Å². The minimum Gasteiger partial charge on any atom is -0.310 e. The van der Waals surface area contributed by atoms with Gasteiger partial charge in [-0.15, -0.1) is 0 Å². The van der Waals surface area contributed by atoms with E-state index in [1.165, 1.54) is 12.1 Å². The number of hydrogen-bond donors (Lipinski definition) is 1. The zero-order chi connectivity index (χ0) is 11.7. The monoisotopic (exact) mass is 238 g/mol. The minimum absolute atomic E-state index is 0.273. The summed E-state index contributed by atoms with van der Waals surface area (Å²) in [5.41, 5.74) is 1.09. The van der Waals surface area contributed by atoms with Crippen LogP contribution in [0.1, 0.15) is 5.69 Å². The molecule has 16 heavy (non-hydrogen) atoms. The van der Waals surface area contributed by atoms with E-state index in [0.29, 0.717) is 17.0 Å². The second-order valence-electron chi connectivity index (χ2n) is 3.41. The molecule has 0 bridgehead atoms. The van der Waals surface area contributed by atoms with Gasteiger partial charge in [0.2, 0.25) is 0 Å². The summed E-state index contributed by atoms with van der Waals surface area (Å²) < 4.78 is 13.1. The van der Waals surface area contributed by atoms with Crippen molar-refractivity contribution in [3.63, 3.8) is 0 Å². The van der Waals surface area contributed by atoms with Gasteiger partial charge in [0.15, 0.2) is 0 Å². The first kappa shape index (κ1) is 10.8. The van der Waals surface area contributed by atoms with Gasteiger partial charge in [0, 0.05) is 16.3 Å². The van der Waals surface area contributed by atoms with Crippen LogP contribution in [0.4, 0.5) is 4.39 Å². The molecule has 1 aromatic carbocycles. The van der Waals surface area contributed by atoms with Crippen LogP contribution in [0.3, 0.4) is 0 Å². The first-order valence-corrected chi connectivity index (χ1v) is 4.97. The maximum absolute atomic E-state index is 13.1. The van der Waals surface area contributed by atoms with Crippen molar-refractivity contribution < 1.29 is 4.39 Å². The summed E-state index contributed by atoms with van der Waals surface area (Å²) in [5, 5.41) is 0.273. The fraction of sp³-hybridized carbons (Fsp3) is 0.0909. The molecule has 0 radical (unpaired) electrons. The highest BCUT2D eigenvalue weighted by molar-refractivity contribution is 6.30. The van der Waals surface area contributed by atoms with Crippen molar-refractivity contribution in [1.29, 1.82) is 0 Å². The first-order valence-electron chi connectivity index (χ1n) is 4.59. The van der Waals surface area contributed by atoms with E-state index in [2.05, 4.69) is 9.97 Å². The topological polar surface area (TPSA) is 45.8 Å². The molecular formula is C11H8ClFN2O. The summed E-state index contributed by atoms with van der Waals surface area (Å²) in [7, 11) is 0. The maximum Gasteiger partial charge on any atom is 0.345 e. The smallest absolute Gasteiger partial charge is 0.310 e. The number of benzene rings is 1. The largest absolute Gasteiger partial charge is 0.345 e. The highest BCUT2D eigenvalue weighted by Gasteiger charge is 2.05. The Morgan fingerprint density at radius 1 is 1.31 bits per heavy atom. The molecule has 2 rings (SSSR count). The molecule has 1 heterocycles. The number of aromatic amines is 1. The van der Waals surface area contributed by atoms with Gasteiger partial charge in [0.05, 0.1) is 5.69 Å². The van der Waals surface area contributed by atoms with Crippen molar-refractivity contribution >= 4 is 11.6 Å². The van der Waals surface area contributed by atoms with Gasteiger partial charge in [-0.2, -0.15) is 4.98 Å². The third-order valence-electron chi connectivity index (χ3n) is 2.04. The minimum atomic E-state index is -0.463. The van der Waals surface area contributed by atoms with E-state index in [9.17, 15) is 9.18 Å². The number of nitrogens with zero attached hydrogens (tertiary/aromatic N) is 1. The third-order valence-corrected chi connectivity index (χ3v) is 2.26. The maximum atomic E-state index is 13.1. The SMILES string of the molecule is Cc1cc(-c2cc(F)cc(Cl)c2)nc(=O)[nH]1. The fourth-order valence-electron chi connectivity index (χ4n) is 1.43. The molecule has 1 aromatic heterocycles. The molecule has 2 aromatic rings. The molecule has 0 aliphatic heterocycles. The van der Waals surface area contributed by atoms with E-state index in [1.54, 1.807) is 19.1 Å². The van der Waals surface area contributed by atoms with Crippen LogP contribution in [0.2, 0.25) is 5.02 Å². The highest BCUT2D eigenvalue weighted by Crippen LogP contribution is 2.22. The van der Waals surface area contributed by atoms with Gasteiger partial charge in [-0.1, -0.05) is 11.6 Å². The molecule has 1 N–H and O–H groups in total. The van der Waals surface area contributed by atoms with Crippen molar-refractivity contribution in [3.8, 4) is 11.3 Å². The second-order valence-corrected chi connectivity index (χ2v) is 3.85. The summed E-state index contributed by atoms with van der Waals surface area (Å²) in [6, 6.07) is 5.70. The zero-order valence-corrected chi connectivity index (χ0v) is 9.18. The van der Waals surface area contributed by atoms with Crippen LogP contribution < -0.4 is 5.69 Å². The van der Waals surface area contributed by atoms with Crippen molar-refractivity contribution in [2.75, 3.05) is 0 Å². The van der Waals surface area contributed by atoms with E-state index in [0.717, 1.165) is 0 Å². The lowest BCUT2D eigenvalue weighted by atomic mass is 10.1. The van der Waals surface area contributed by atoms with E-state index in [4.69, 9.17) is 11.6 Å². The van der Waals surface area contributed by atoms with Crippen LogP contribution in [-0.4, -0.2) is 9.97 Å². The Kier molecular flexibility index (Phi) is 2.75. The first-order chi connectivity index (χ1) is 7.54. The predicted molar refractivity (Wildman–Crippen MR) is 60.0 cm³/mol. The summed E-state index contributed by atoms with van der Waals surface area (Å²) in [6.45, 7) is 1.73. The van der Waals surface area contributed by atoms with Crippen molar-refractivity contribution in [2.45, 2.75) is 6.92 Å². The highest BCUT2D eigenvalue weighted by atomic mass is 35.5. The predicted octanol–water partition coefficient (Wildman–Crippen LogP) is 2.54. The Labute approximate surface area is 95.9 Å². The standard InChI is InChI=1S/C11H8ClFN2O/c1-6-2-10(15-11(16)14-6)7-3-8(12)5-9(13)4-7/h2-5H,1H3,(H,14,15,16). The van der Waals surface area contributed by atoms with E-state index in [-0.39, 0.29) is 5.02 Å². The Balaban J connectivity index is 2.62. The van der Waals surface area contributed by atoms with E-state index < -0.39 is 11.5 Å². The van der Waals surface area contributed by atoms with E-state index >= 15 is 0 Å². The number of nitrogens with one attached hydrogen (secondary N) is 1. The van der Waals surface area contributed by atoms with Crippen LogP contribution in [0.25, 0.3) is 11.3 Å². The summed E-state index contributed by atoms with van der Waals surface area (Å²) in [5.74, 6) is -0.456. The third kappa shape index (κ3) is 2.28. The van der Waals surface area contributed by atoms with Gasteiger partial charge in [-0.05, 0) is 31.2 Å². The number of H-pyrrole nitrogens is 1. The molecular weight excluding hydrogens is 231 g/mol. The number of aromatic nitrogens is 2. The molecule has 82 valence electrons. The Bertz CT molecular complexity index is 575. The molecule has 0 saturated heterocycles. The fourth-order valence-corrected chi connectivity index (χ4v) is 1.65. The van der Waals surface area contributed by atoms with Crippen LogP contribution in [-0.2, 0) is 0 Å². The van der Waals surface area contributed by atoms with Gasteiger partial charge in [0.25, 0.3) is 0 Å². The average molecular weight is 239 g/mol. The Hall–Kier alpha value is -1.68. The molecule has 0 atom stereocenters. The van der Waals surface area contributed by atoms with Crippen LogP contribution >= 0.6 is 11.6 Å². The normalized spacial score (nSPS) is 10.4. The number of hydrogen-bond acceptors (Lipinski definition) is 2. The lowest BCUT2D eigenvalue weighted by Gasteiger charge is -2.02. The van der Waals surface area contributed by atoms with Crippen LogP contribution in [0.15, 0.2) is 29.1 Å². The van der Waals surface area contributed by atoms with Crippen molar-refractivity contribution in [3.05, 3.63) is 51.3 Å². The molecule has 0 fully saturated rings. The number of halogens is 2. The lowest BCUT2D eigenvalue weighted by Crippen LogP contribution is -2.11. The molecule has 3 nitrogen and oxygen atoms in total. The molecule has 0 aliphatic rings. The molecule has 0 unspecified atom stereocenters. The molecule has 0 spiro atoms. The summed E-state index contributed by atoms with van der Waals surface area (Å²) in [6.07, 6.45) is 0. The quantitative estimate of drug-likeness (QED) is 0.830. The average Bonchev–Trinajstić information content (AvgIpc) is 2.14. The van der Waals surface area contributed by atoms with Crippen molar-refractivity contribution in [1.82, 2.24) is 9.97 Å². The zero-order valence-electron chi connectivity index (χ0n) is 8.42. The molecule has 0 aliphatic carbocycles. The molecule has 0 saturated carbocycles.